The van der Waals surface area contributed by atoms with Crippen molar-refractivity contribution >= 4 is 17.7 Å². The first-order chi connectivity index (χ1) is 6.67. The SMILES string of the molecule is O=C(O)C(O)C1(C2CCCSC2)CC1. The molecule has 4 heteroatoms. The second-order valence-electron chi connectivity index (χ2n) is 4.39. The number of aliphatic hydroxyl groups excluding tert-OH is 1. The molecular weight excluding hydrogens is 200 g/mol. The Labute approximate surface area is 87.9 Å². The summed E-state index contributed by atoms with van der Waals surface area (Å²) in [5, 5.41) is 18.5. The van der Waals surface area contributed by atoms with Crippen molar-refractivity contribution in [1.29, 1.82) is 0 Å². The summed E-state index contributed by atoms with van der Waals surface area (Å²) >= 11 is 1.89. The van der Waals surface area contributed by atoms with Gasteiger partial charge in [-0.1, -0.05) is 0 Å². The number of rotatable bonds is 3. The topological polar surface area (TPSA) is 57.5 Å². The molecule has 0 bridgehead atoms. The maximum Gasteiger partial charge on any atom is 0.333 e. The summed E-state index contributed by atoms with van der Waals surface area (Å²) in [4.78, 5) is 10.8. The van der Waals surface area contributed by atoms with Gasteiger partial charge in [-0.15, -0.1) is 0 Å². The molecule has 0 radical (unpaired) electrons. The summed E-state index contributed by atoms with van der Waals surface area (Å²) in [6, 6.07) is 0. The zero-order valence-electron chi connectivity index (χ0n) is 8.11. The Hall–Kier alpha value is -0.220. The van der Waals surface area contributed by atoms with Gasteiger partial charge in [-0.3, -0.25) is 0 Å². The number of aliphatic carboxylic acids is 1. The van der Waals surface area contributed by atoms with E-state index in [-0.39, 0.29) is 5.41 Å². The van der Waals surface area contributed by atoms with E-state index in [0.717, 1.165) is 25.0 Å². The lowest BCUT2D eigenvalue weighted by molar-refractivity contribution is -0.152. The van der Waals surface area contributed by atoms with Crippen LogP contribution in [0.1, 0.15) is 25.7 Å². The Balaban J connectivity index is 2.03. The molecule has 1 aliphatic heterocycles. The van der Waals surface area contributed by atoms with Gasteiger partial charge in [0.1, 0.15) is 0 Å². The van der Waals surface area contributed by atoms with Gasteiger partial charge in [0, 0.05) is 5.41 Å². The minimum atomic E-state index is -1.13. The van der Waals surface area contributed by atoms with E-state index in [4.69, 9.17) is 5.11 Å². The Morgan fingerprint density at radius 2 is 2.21 bits per heavy atom. The third-order valence-corrected chi connectivity index (χ3v) is 4.79. The molecule has 2 rings (SSSR count). The lowest BCUT2D eigenvalue weighted by atomic mass is 9.82. The van der Waals surface area contributed by atoms with Crippen molar-refractivity contribution in [3.8, 4) is 0 Å². The Bertz CT molecular complexity index is 232. The molecule has 2 aliphatic rings. The lowest BCUT2D eigenvalue weighted by Gasteiger charge is -2.31. The summed E-state index contributed by atoms with van der Waals surface area (Å²) < 4.78 is 0. The zero-order chi connectivity index (χ0) is 10.2. The van der Waals surface area contributed by atoms with E-state index in [1.165, 1.54) is 12.2 Å². The number of hydrogen-bond donors (Lipinski definition) is 2. The van der Waals surface area contributed by atoms with Crippen LogP contribution >= 0.6 is 11.8 Å². The van der Waals surface area contributed by atoms with Crippen LogP contribution in [0.3, 0.4) is 0 Å². The van der Waals surface area contributed by atoms with Crippen molar-refractivity contribution < 1.29 is 15.0 Å². The van der Waals surface area contributed by atoms with Crippen LogP contribution in [0.4, 0.5) is 0 Å². The van der Waals surface area contributed by atoms with Crippen LogP contribution in [-0.4, -0.2) is 33.8 Å². The largest absolute Gasteiger partial charge is 0.479 e. The minimum absolute atomic E-state index is 0.265. The zero-order valence-corrected chi connectivity index (χ0v) is 8.92. The van der Waals surface area contributed by atoms with Gasteiger partial charge in [-0.2, -0.15) is 11.8 Å². The summed E-state index contributed by atoms with van der Waals surface area (Å²) in [5.41, 5.74) is -0.265. The van der Waals surface area contributed by atoms with Gasteiger partial charge in [0.25, 0.3) is 0 Å². The average molecular weight is 216 g/mol. The second-order valence-corrected chi connectivity index (χ2v) is 5.54. The maximum absolute atomic E-state index is 10.8. The fraction of sp³-hybridized carbons (Fsp3) is 0.900. The monoisotopic (exact) mass is 216 g/mol. The van der Waals surface area contributed by atoms with Gasteiger partial charge in [0.15, 0.2) is 6.10 Å². The molecule has 0 spiro atoms. The van der Waals surface area contributed by atoms with Crippen molar-refractivity contribution in [3.05, 3.63) is 0 Å². The van der Waals surface area contributed by atoms with Gasteiger partial charge in [0.2, 0.25) is 0 Å². The van der Waals surface area contributed by atoms with Gasteiger partial charge < -0.3 is 10.2 Å². The predicted octanol–water partition coefficient (Wildman–Crippen LogP) is 1.36. The normalized spacial score (nSPS) is 32.2. The van der Waals surface area contributed by atoms with E-state index < -0.39 is 12.1 Å². The molecule has 1 saturated carbocycles. The molecule has 14 heavy (non-hydrogen) atoms. The molecule has 2 N–H and O–H groups in total. The summed E-state index contributed by atoms with van der Waals surface area (Å²) in [6.45, 7) is 0. The number of carbonyl (C=O) groups is 1. The second kappa shape index (κ2) is 3.74. The Kier molecular flexibility index (Phi) is 2.75. The van der Waals surface area contributed by atoms with Crippen LogP contribution < -0.4 is 0 Å². The molecule has 2 unspecified atom stereocenters. The average Bonchev–Trinajstić information content (AvgIpc) is 2.99. The molecule has 1 aliphatic carbocycles. The fourth-order valence-corrected chi connectivity index (χ4v) is 3.81. The van der Waals surface area contributed by atoms with Gasteiger partial charge in [0.05, 0.1) is 0 Å². The maximum atomic E-state index is 10.8. The summed E-state index contributed by atoms with van der Waals surface area (Å²) in [6.07, 6.45) is 2.92. The van der Waals surface area contributed by atoms with Crippen LogP contribution in [0.15, 0.2) is 0 Å². The summed E-state index contributed by atoms with van der Waals surface area (Å²) in [5.74, 6) is 1.60. The molecule has 0 aromatic heterocycles. The van der Waals surface area contributed by atoms with E-state index in [1.807, 2.05) is 11.8 Å². The summed E-state index contributed by atoms with van der Waals surface area (Å²) in [7, 11) is 0. The smallest absolute Gasteiger partial charge is 0.333 e. The third kappa shape index (κ3) is 1.65. The molecule has 80 valence electrons. The number of hydrogen-bond acceptors (Lipinski definition) is 3. The fourth-order valence-electron chi connectivity index (χ4n) is 2.49. The number of carboxylic acid groups (broad SMARTS) is 1. The van der Waals surface area contributed by atoms with Gasteiger partial charge in [-0.25, -0.2) is 4.79 Å². The lowest BCUT2D eigenvalue weighted by Crippen LogP contribution is -2.38. The van der Waals surface area contributed by atoms with Gasteiger partial charge in [-0.05, 0) is 43.1 Å². The molecule has 0 amide bonds. The molecule has 1 saturated heterocycles. The molecule has 0 aromatic rings. The molecule has 2 atom stereocenters. The number of aliphatic hydroxyl groups is 1. The number of carboxylic acids is 1. The Morgan fingerprint density at radius 1 is 1.50 bits per heavy atom. The van der Waals surface area contributed by atoms with Crippen LogP contribution in [0.5, 0.6) is 0 Å². The van der Waals surface area contributed by atoms with Crippen molar-refractivity contribution in [2.24, 2.45) is 11.3 Å². The van der Waals surface area contributed by atoms with E-state index in [9.17, 15) is 9.90 Å². The standard InChI is InChI=1S/C10H16O3S/c11-8(9(12)13)10(3-4-10)7-2-1-5-14-6-7/h7-8,11H,1-6H2,(H,12,13). The molecule has 2 fully saturated rings. The van der Waals surface area contributed by atoms with Crippen molar-refractivity contribution in [2.75, 3.05) is 11.5 Å². The minimum Gasteiger partial charge on any atom is -0.479 e. The number of thioether (sulfide) groups is 1. The first-order valence-corrected chi connectivity index (χ1v) is 6.31. The van der Waals surface area contributed by atoms with Crippen molar-refractivity contribution in [1.82, 2.24) is 0 Å². The van der Waals surface area contributed by atoms with E-state index in [2.05, 4.69) is 0 Å². The van der Waals surface area contributed by atoms with Crippen LogP contribution in [-0.2, 0) is 4.79 Å². The highest BCUT2D eigenvalue weighted by atomic mass is 32.2. The molecule has 3 nitrogen and oxygen atoms in total. The first kappa shape index (κ1) is 10.3. The van der Waals surface area contributed by atoms with Crippen molar-refractivity contribution in [3.63, 3.8) is 0 Å². The van der Waals surface area contributed by atoms with Gasteiger partial charge >= 0.3 is 5.97 Å². The van der Waals surface area contributed by atoms with Crippen LogP contribution in [0.25, 0.3) is 0 Å². The molecule has 1 heterocycles. The highest BCUT2D eigenvalue weighted by Crippen LogP contribution is 2.57. The first-order valence-electron chi connectivity index (χ1n) is 5.15. The van der Waals surface area contributed by atoms with Crippen LogP contribution in [0, 0.1) is 11.3 Å². The quantitative estimate of drug-likeness (QED) is 0.748. The highest BCUT2D eigenvalue weighted by Gasteiger charge is 2.56. The van der Waals surface area contributed by atoms with E-state index in [1.54, 1.807) is 0 Å². The predicted molar refractivity (Wildman–Crippen MR) is 55.4 cm³/mol. The Morgan fingerprint density at radius 3 is 2.64 bits per heavy atom. The molecule has 0 aromatic carbocycles. The van der Waals surface area contributed by atoms with E-state index in [0.29, 0.717) is 5.92 Å². The third-order valence-electron chi connectivity index (χ3n) is 3.58. The molecular formula is C10H16O3S. The van der Waals surface area contributed by atoms with E-state index >= 15 is 0 Å². The van der Waals surface area contributed by atoms with Crippen LogP contribution in [0.2, 0.25) is 0 Å². The van der Waals surface area contributed by atoms with Crippen molar-refractivity contribution in [2.45, 2.75) is 31.8 Å². The highest BCUT2D eigenvalue weighted by molar-refractivity contribution is 7.99.